The molecule has 1 aliphatic rings. The minimum absolute atomic E-state index is 0.434. The van der Waals surface area contributed by atoms with Crippen molar-refractivity contribution >= 4 is 5.82 Å². The zero-order chi connectivity index (χ0) is 14.7. The maximum Gasteiger partial charge on any atom is 0.147 e. The number of rotatable bonds is 2. The monoisotopic (exact) mass is 272 g/mol. The van der Waals surface area contributed by atoms with Crippen molar-refractivity contribution in [1.82, 2.24) is 9.88 Å². The first kappa shape index (κ1) is 14.8. The Bertz CT molecular complexity index is 518. The molecule has 2 rings (SSSR count). The van der Waals surface area contributed by atoms with Crippen LogP contribution in [0.25, 0.3) is 0 Å². The molecule has 2 heterocycles. The molecule has 108 valence electrons. The lowest BCUT2D eigenvalue weighted by Crippen LogP contribution is -2.40. The topological polar surface area (TPSA) is 43.2 Å². The molecule has 0 N–H and O–H groups in total. The van der Waals surface area contributed by atoms with Gasteiger partial charge in [-0.1, -0.05) is 6.92 Å². The van der Waals surface area contributed by atoms with Crippen molar-refractivity contribution in [2.24, 2.45) is 0 Å². The fourth-order valence-corrected chi connectivity index (χ4v) is 3.03. The van der Waals surface area contributed by atoms with Crippen LogP contribution in [-0.2, 0) is 0 Å². The SMILES string of the molecule is CCC1CN(C)CCCN1c1nc(C)cc(C)c1C#N. The van der Waals surface area contributed by atoms with Gasteiger partial charge in [-0.15, -0.1) is 0 Å². The number of pyridine rings is 1. The molecule has 1 aromatic rings. The van der Waals surface area contributed by atoms with Gasteiger partial charge in [-0.05, 0) is 51.9 Å². The van der Waals surface area contributed by atoms with E-state index in [0.717, 1.165) is 55.1 Å². The smallest absolute Gasteiger partial charge is 0.147 e. The van der Waals surface area contributed by atoms with Gasteiger partial charge in [0, 0.05) is 24.8 Å². The van der Waals surface area contributed by atoms with Gasteiger partial charge in [0.05, 0.1) is 5.56 Å². The van der Waals surface area contributed by atoms with Crippen LogP contribution in [-0.4, -0.2) is 42.6 Å². The molecule has 0 amide bonds. The molecule has 1 aliphatic heterocycles. The van der Waals surface area contributed by atoms with Gasteiger partial charge in [0.2, 0.25) is 0 Å². The zero-order valence-corrected chi connectivity index (χ0v) is 13.0. The Balaban J connectivity index is 2.45. The molecular formula is C16H24N4. The minimum Gasteiger partial charge on any atom is -0.351 e. The highest BCUT2D eigenvalue weighted by atomic mass is 15.3. The van der Waals surface area contributed by atoms with Gasteiger partial charge < -0.3 is 9.80 Å². The van der Waals surface area contributed by atoms with Crippen LogP contribution < -0.4 is 4.90 Å². The van der Waals surface area contributed by atoms with E-state index in [4.69, 9.17) is 0 Å². The van der Waals surface area contributed by atoms with Gasteiger partial charge in [0.1, 0.15) is 11.9 Å². The Kier molecular flexibility index (Phi) is 4.61. The zero-order valence-electron chi connectivity index (χ0n) is 13.0. The average Bonchev–Trinajstić information content (AvgIpc) is 2.59. The maximum atomic E-state index is 9.47. The van der Waals surface area contributed by atoms with Gasteiger partial charge in [-0.25, -0.2) is 4.98 Å². The van der Waals surface area contributed by atoms with Crippen LogP contribution in [0.5, 0.6) is 0 Å². The third-order valence-corrected chi connectivity index (χ3v) is 4.08. The number of hydrogen-bond donors (Lipinski definition) is 0. The largest absolute Gasteiger partial charge is 0.351 e. The van der Waals surface area contributed by atoms with Crippen molar-refractivity contribution in [3.8, 4) is 6.07 Å². The van der Waals surface area contributed by atoms with E-state index in [1.807, 2.05) is 19.9 Å². The van der Waals surface area contributed by atoms with Crippen LogP contribution in [0.2, 0.25) is 0 Å². The van der Waals surface area contributed by atoms with E-state index in [2.05, 4.69) is 34.8 Å². The summed E-state index contributed by atoms with van der Waals surface area (Å²) >= 11 is 0. The number of nitrogens with zero attached hydrogens (tertiary/aromatic N) is 4. The lowest BCUT2D eigenvalue weighted by atomic mass is 10.1. The summed E-state index contributed by atoms with van der Waals surface area (Å²) in [6.07, 6.45) is 2.19. The third kappa shape index (κ3) is 2.94. The summed E-state index contributed by atoms with van der Waals surface area (Å²) in [7, 11) is 2.17. The van der Waals surface area contributed by atoms with Crippen molar-refractivity contribution in [3.63, 3.8) is 0 Å². The fourth-order valence-electron chi connectivity index (χ4n) is 3.03. The van der Waals surface area contributed by atoms with Crippen LogP contribution in [0, 0.1) is 25.2 Å². The van der Waals surface area contributed by atoms with Gasteiger partial charge in [0.25, 0.3) is 0 Å². The van der Waals surface area contributed by atoms with Crippen LogP contribution >= 0.6 is 0 Å². The molecule has 0 bridgehead atoms. The standard InChI is InChI=1S/C16H24N4/c1-5-14-11-19(4)7-6-8-20(14)16-15(10-17)12(2)9-13(3)18-16/h9,14H,5-8,11H2,1-4H3. The van der Waals surface area contributed by atoms with Crippen LogP contribution in [0.4, 0.5) is 5.82 Å². The van der Waals surface area contributed by atoms with Crippen molar-refractivity contribution < 1.29 is 0 Å². The second-order valence-corrected chi connectivity index (χ2v) is 5.76. The molecular weight excluding hydrogens is 248 g/mol. The summed E-state index contributed by atoms with van der Waals surface area (Å²) in [5.74, 6) is 0.882. The molecule has 0 aliphatic carbocycles. The fraction of sp³-hybridized carbons (Fsp3) is 0.625. The van der Waals surface area contributed by atoms with E-state index in [0.29, 0.717) is 6.04 Å². The normalized spacial score (nSPS) is 20.6. The highest BCUT2D eigenvalue weighted by molar-refractivity contribution is 5.58. The Morgan fingerprint density at radius 2 is 2.15 bits per heavy atom. The number of aromatic nitrogens is 1. The Hall–Kier alpha value is -1.60. The first-order chi connectivity index (χ1) is 9.56. The van der Waals surface area contributed by atoms with E-state index in [-0.39, 0.29) is 0 Å². The summed E-state index contributed by atoms with van der Waals surface area (Å²) < 4.78 is 0. The number of hydrogen-bond acceptors (Lipinski definition) is 4. The quantitative estimate of drug-likeness (QED) is 0.829. The molecule has 1 saturated heterocycles. The first-order valence-corrected chi connectivity index (χ1v) is 7.40. The van der Waals surface area contributed by atoms with Gasteiger partial charge in [-0.3, -0.25) is 0 Å². The van der Waals surface area contributed by atoms with Crippen molar-refractivity contribution in [1.29, 1.82) is 5.26 Å². The number of aryl methyl sites for hydroxylation is 2. The van der Waals surface area contributed by atoms with Crippen molar-refractivity contribution in [2.75, 3.05) is 31.6 Å². The van der Waals surface area contributed by atoms with Crippen molar-refractivity contribution in [2.45, 2.75) is 39.7 Å². The van der Waals surface area contributed by atoms with E-state index < -0.39 is 0 Å². The number of nitriles is 1. The average molecular weight is 272 g/mol. The Morgan fingerprint density at radius 3 is 2.80 bits per heavy atom. The van der Waals surface area contributed by atoms with Crippen LogP contribution in [0.15, 0.2) is 6.07 Å². The van der Waals surface area contributed by atoms with Gasteiger partial charge >= 0.3 is 0 Å². The van der Waals surface area contributed by atoms with E-state index in [9.17, 15) is 5.26 Å². The minimum atomic E-state index is 0.434. The Labute approximate surface area is 122 Å². The summed E-state index contributed by atoms with van der Waals surface area (Å²) in [5, 5.41) is 9.47. The Morgan fingerprint density at radius 1 is 1.40 bits per heavy atom. The van der Waals surface area contributed by atoms with Crippen molar-refractivity contribution in [3.05, 3.63) is 22.9 Å². The number of likely N-dealkylation sites (N-methyl/N-ethyl adjacent to an activating group) is 1. The van der Waals surface area contributed by atoms with Gasteiger partial charge in [-0.2, -0.15) is 5.26 Å². The van der Waals surface area contributed by atoms with E-state index in [1.165, 1.54) is 0 Å². The molecule has 0 aromatic carbocycles. The maximum absolute atomic E-state index is 9.47. The molecule has 1 fully saturated rings. The molecule has 0 saturated carbocycles. The predicted octanol–water partition coefficient (Wildman–Crippen LogP) is 2.49. The second-order valence-electron chi connectivity index (χ2n) is 5.76. The molecule has 0 spiro atoms. The molecule has 0 radical (unpaired) electrons. The molecule has 1 aromatic heterocycles. The highest BCUT2D eigenvalue weighted by Crippen LogP contribution is 2.26. The van der Waals surface area contributed by atoms with Crippen LogP contribution in [0.3, 0.4) is 0 Å². The highest BCUT2D eigenvalue weighted by Gasteiger charge is 2.25. The summed E-state index contributed by atoms with van der Waals surface area (Å²) in [6.45, 7) is 9.35. The molecule has 1 unspecified atom stereocenters. The molecule has 4 nitrogen and oxygen atoms in total. The number of anilines is 1. The third-order valence-electron chi connectivity index (χ3n) is 4.08. The first-order valence-electron chi connectivity index (χ1n) is 7.40. The predicted molar refractivity (Wildman–Crippen MR) is 82.0 cm³/mol. The van der Waals surface area contributed by atoms with Crippen LogP contribution in [0.1, 0.15) is 36.6 Å². The van der Waals surface area contributed by atoms with E-state index in [1.54, 1.807) is 0 Å². The summed E-state index contributed by atoms with van der Waals surface area (Å²) in [6, 6.07) is 4.77. The molecule has 4 heteroatoms. The lowest BCUT2D eigenvalue weighted by Gasteiger charge is -2.32. The molecule has 20 heavy (non-hydrogen) atoms. The lowest BCUT2D eigenvalue weighted by molar-refractivity contribution is 0.327. The second kappa shape index (κ2) is 6.23. The summed E-state index contributed by atoms with van der Waals surface area (Å²) in [5.41, 5.74) is 2.75. The molecule has 1 atom stereocenters. The van der Waals surface area contributed by atoms with E-state index >= 15 is 0 Å². The van der Waals surface area contributed by atoms with Gasteiger partial charge in [0.15, 0.2) is 0 Å². The summed E-state index contributed by atoms with van der Waals surface area (Å²) in [4.78, 5) is 9.41.